The number of hydrogen-bond acceptors (Lipinski definition) is 4. The Labute approximate surface area is 180 Å². The number of carbonyl (C=O) groups is 2. The predicted octanol–water partition coefficient (Wildman–Crippen LogP) is 2.55. The van der Waals surface area contributed by atoms with Gasteiger partial charge in [0.2, 0.25) is 11.8 Å². The van der Waals surface area contributed by atoms with Crippen molar-refractivity contribution in [1.82, 2.24) is 15.5 Å². The molecule has 1 aromatic carbocycles. The maximum atomic E-state index is 12.6. The normalized spacial score (nSPS) is 21.3. The Bertz CT molecular complexity index is 647. The first-order valence-corrected chi connectivity index (χ1v) is 10.6. The molecule has 0 bridgehead atoms. The van der Waals surface area contributed by atoms with Crippen molar-refractivity contribution >= 4 is 24.2 Å². The molecule has 2 atom stereocenters. The quantitative estimate of drug-likeness (QED) is 0.674. The van der Waals surface area contributed by atoms with Crippen LogP contribution in [0.3, 0.4) is 0 Å². The number of hydrogen-bond donors (Lipinski definition) is 2. The second kappa shape index (κ2) is 12.0. The molecule has 0 saturated carbocycles. The van der Waals surface area contributed by atoms with E-state index in [4.69, 9.17) is 4.74 Å². The van der Waals surface area contributed by atoms with Crippen molar-refractivity contribution in [2.45, 2.75) is 51.0 Å². The molecule has 0 aliphatic carbocycles. The molecule has 2 saturated heterocycles. The number of piperidine rings is 1. The van der Waals surface area contributed by atoms with E-state index < -0.39 is 0 Å². The highest BCUT2D eigenvalue weighted by Gasteiger charge is 2.26. The lowest BCUT2D eigenvalue weighted by atomic mass is 9.97. The monoisotopic (exact) mass is 423 g/mol. The molecule has 2 unspecified atom stereocenters. The number of carbonyl (C=O) groups excluding carboxylic acids is 2. The fraction of sp³-hybridized carbons (Fsp3) is 0.636. The van der Waals surface area contributed by atoms with Gasteiger partial charge in [0.25, 0.3) is 0 Å². The number of benzene rings is 1. The van der Waals surface area contributed by atoms with Crippen LogP contribution in [-0.2, 0) is 16.0 Å². The fourth-order valence-corrected chi connectivity index (χ4v) is 4.13. The van der Waals surface area contributed by atoms with E-state index in [9.17, 15) is 9.59 Å². The van der Waals surface area contributed by atoms with Crippen molar-refractivity contribution in [3.63, 3.8) is 0 Å². The molecule has 2 N–H and O–H groups in total. The van der Waals surface area contributed by atoms with Crippen LogP contribution < -0.4 is 15.4 Å². The van der Waals surface area contributed by atoms with Crippen LogP contribution in [0, 0.1) is 5.92 Å². The standard InChI is InChI=1S/C22H33N3O3.ClH/c1-28-19-11-9-17(10-12-19)5-2-8-21(26)25-14-4-6-18(16-25)15-24-22(27)20-7-3-13-23-20;/h9-12,18,20,23H,2-8,13-16H2,1H3,(H,24,27);1H. The number of methoxy groups -OCH3 is 1. The van der Waals surface area contributed by atoms with Gasteiger partial charge >= 0.3 is 0 Å². The second-order valence-corrected chi connectivity index (χ2v) is 7.94. The molecule has 0 aromatic heterocycles. The van der Waals surface area contributed by atoms with E-state index in [-0.39, 0.29) is 30.3 Å². The molecule has 2 aliphatic heterocycles. The highest BCUT2D eigenvalue weighted by atomic mass is 35.5. The van der Waals surface area contributed by atoms with Crippen LogP contribution in [0.5, 0.6) is 5.75 Å². The first-order chi connectivity index (χ1) is 13.7. The molecule has 1 aromatic rings. The minimum Gasteiger partial charge on any atom is -0.497 e. The zero-order chi connectivity index (χ0) is 19.8. The largest absolute Gasteiger partial charge is 0.497 e. The molecule has 2 amide bonds. The summed E-state index contributed by atoms with van der Waals surface area (Å²) >= 11 is 0. The van der Waals surface area contributed by atoms with Crippen LogP contribution in [0.2, 0.25) is 0 Å². The smallest absolute Gasteiger partial charge is 0.237 e. The summed E-state index contributed by atoms with van der Waals surface area (Å²) in [7, 11) is 1.66. The molecule has 2 aliphatic rings. The first-order valence-electron chi connectivity index (χ1n) is 10.6. The van der Waals surface area contributed by atoms with Gasteiger partial charge in [0.15, 0.2) is 0 Å². The molecule has 2 heterocycles. The van der Waals surface area contributed by atoms with Crippen LogP contribution in [0.1, 0.15) is 44.1 Å². The number of aryl methyl sites for hydroxylation is 1. The average Bonchev–Trinajstić information content (AvgIpc) is 3.28. The molecule has 0 spiro atoms. The lowest BCUT2D eigenvalue weighted by molar-refractivity contribution is -0.133. The van der Waals surface area contributed by atoms with E-state index >= 15 is 0 Å². The van der Waals surface area contributed by atoms with E-state index in [0.29, 0.717) is 18.9 Å². The molecule has 7 heteroatoms. The molecular formula is C22H34ClN3O3. The summed E-state index contributed by atoms with van der Waals surface area (Å²) in [5, 5.41) is 6.31. The van der Waals surface area contributed by atoms with Crippen LogP contribution >= 0.6 is 12.4 Å². The van der Waals surface area contributed by atoms with E-state index in [0.717, 1.165) is 63.9 Å². The molecule has 3 rings (SSSR count). The molecule has 2 fully saturated rings. The Morgan fingerprint density at radius 2 is 2.00 bits per heavy atom. The fourth-order valence-electron chi connectivity index (χ4n) is 4.13. The highest BCUT2D eigenvalue weighted by molar-refractivity contribution is 5.85. The molecule has 6 nitrogen and oxygen atoms in total. The third kappa shape index (κ3) is 7.19. The van der Waals surface area contributed by atoms with Gasteiger partial charge in [-0.25, -0.2) is 0 Å². The number of halogens is 1. The van der Waals surface area contributed by atoms with Crippen LogP contribution in [0.25, 0.3) is 0 Å². The first kappa shape index (κ1) is 23.5. The highest BCUT2D eigenvalue weighted by Crippen LogP contribution is 2.18. The molecule has 0 radical (unpaired) electrons. The third-order valence-corrected chi connectivity index (χ3v) is 5.83. The van der Waals surface area contributed by atoms with Gasteiger partial charge in [-0.2, -0.15) is 0 Å². The number of ether oxygens (including phenoxy) is 1. The van der Waals surface area contributed by atoms with Gasteiger partial charge in [-0.1, -0.05) is 12.1 Å². The molecule has 29 heavy (non-hydrogen) atoms. The van der Waals surface area contributed by atoms with Gasteiger partial charge in [0, 0.05) is 26.1 Å². The lowest BCUT2D eigenvalue weighted by Gasteiger charge is -2.33. The summed E-state index contributed by atoms with van der Waals surface area (Å²) in [5.74, 6) is 1.57. The number of likely N-dealkylation sites (tertiary alicyclic amines) is 1. The van der Waals surface area contributed by atoms with E-state index in [1.165, 1.54) is 5.56 Å². The topological polar surface area (TPSA) is 70.7 Å². The number of amides is 2. The van der Waals surface area contributed by atoms with Crippen molar-refractivity contribution in [2.75, 3.05) is 33.3 Å². The Morgan fingerprint density at radius 1 is 1.21 bits per heavy atom. The average molecular weight is 424 g/mol. The van der Waals surface area contributed by atoms with Crippen molar-refractivity contribution in [3.8, 4) is 5.75 Å². The summed E-state index contributed by atoms with van der Waals surface area (Å²) < 4.78 is 5.17. The Kier molecular flexibility index (Phi) is 9.74. The Morgan fingerprint density at radius 3 is 2.69 bits per heavy atom. The summed E-state index contributed by atoms with van der Waals surface area (Å²) in [5.41, 5.74) is 1.23. The van der Waals surface area contributed by atoms with Gasteiger partial charge in [0.1, 0.15) is 5.75 Å². The van der Waals surface area contributed by atoms with Crippen LogP contribution in [0.4, 0.5) is 0 Å². The zero-order valence-corrected chi connectivity index (χ0v) is 18.1. The second-order valence-electron chi connectivity index (χ2n) is 7.94. The maximum absolute atomic E-state index is 12.6. The maximum Gasteiger partial charge on any atom is 0.237 e. The number of nitrogens with zero attached hydrogens (tertiary/aromatic N) is 1. The van der Waals surface area contributed by atoms with Crippen LogP contribution in [-0.4, -0.2) is 56.0 Å². The summed E-state index contributed by atoms with van der Waals surface area (Å²) in [4.78, 5) is 26.7. The summed E-state index contributed by atoms with van der Waals surface area (Å²) in [6, 6.07) is 8.01. The third-order valence-electron chi connectivity index (χ3n) is 5.83. The minimum absolute atomic E-state index is 0. The van der Waals surface area contributed by atoms with Crippen molar-refractivity contribution < 1.29 is 14.3 Å². The van der Waals surface area contributed by atoms with Gasteiger partial charge in [-0.05, 0) is 68.7 Å². The van der Waals surface area contributed by atoms with E-state index in [1.807, 2.05) is 17.0 Å². The van der Waals surface area contributed by atoms with Crippen LogP contribution in [0.15, 0.2) is 24.3 Å². The zero-order valence-electron chi connectivity index (χ0n) is 17.3. The van der Waals surface area contributed by atoms with Crippen molar-refractivity contribution in [2.24, 2.45) is 5.92 Å². The lowest BCUT2D eigenvalue weighted by Crippen LogP contribution is -2.46. The van der Waals surface area contributed by atoms with Crippen molar-refractivity contribution in [1.29, 1.82) is 0 Å². The minimum atomic E-state index is -0.0284. The molecule has 162 valence electrons. The number of rotatable bonds is 8. The van der Waals surface area contributed by atoms with E-state index in [1.54, 1.807) is 7.11 Å². The van der Waals surface area contributed by atoms with Gasteiger partial charge < -0.3 is 20.3 Å². The summed E-state index contributed by atoms with van der Waals surface area (Å²) in [6.07, 6.45) is 6.43. The van der Waals surface area contributed by atoms with Crippen molar-refractivity contribution in [3.05, 3.63) is 29.8 Å². The number of nitrogens with one attached hydrogen (secondary N) is 2. The predicted molar refractivity (Wildman–Crippen MR) is 117 cm³/mol. The van der Waals surface area contributed by atoms with Gasteiger partial charge in [-0.15, -0.1) is 12.4 Å². The van der Waals surface area contributed by atoms with E-state index in [2.05, 4.69) is 22.8 Å². The van der Waals surface area contributed by atoms with Gasteiger partial charge in [0.05, 0.1) is 13.2 Å². The Balaban J connectivity index is 0.00000300. The van der Waals surface area contributed by atoms with Gasteiger partial charge in [-0.3, -0.25) is 9.59 Å². The summed E-state index contributed by atoms with van der Waals surface area (Å²) in [6.45, 7) is 3.21. The Hall–Kier alpha value is -1.79. The SMILES string of the molecule is COc1ccc(CCCC(=O)N2CCCC(CNC(=O)C3CCCN3)C2)cc1.Cl. The molecular weight excluding hydrogens is 390 g/mol.